The van der Waals surface area contributed by atoms with Gasteiger partial charge in [0.05, 0.1) is 5.69 Å². The fourth-order valence-corrected chi connectivity index (χ4v) is 2.51. The Morgan fingerprint density at radius 3 is 2.47 bits per heavy atom. The van der Waals surface area contributed by atoms with E-state index in [1.807, 2.05) is 50.9 Å². The lowest BCUT2D eigenvalue weighted by atomic mass is 10.0. The van der Waals surface area contributed by atoms with E-state index in [0.29, 0.717) is 0 Å². The smallest absolute Gasteiger partial charge is 0.252 e. The van der Waals surface area contributed by atoms with Crippen molar-refractivity contribution in [1.29, 1.82) is 0 Å². The summed E-state index contributed by atoms with van der Waals surface area (Å²) in [4.78, 5) is 19.1. The molecule has 1 heterocycles. The molecule has 19 heavy (non-hydrogen) atoms. The highest BCUT2D eigenvalue weighted by molar-refractivity contribution is 6.06. The monoisotopic (exact) mass is 258 g/mol. The zero-order valence-electron chi connectivity index (χ0n) is 12.3. The summed E-state index contributed by atoms with van der Waals surface area (Å²) < 4.78 is 0. The minimum atomic E-state index is -0.283. The molecular weight excluding hydrogens is 236 g/mol. The van der Waals surface area contributed by atoms with Crippen LogP contribution in [0.3, 0.4) is 0 Å². The highest BCUT2D eigenvalue weighted by atomic mass is 16.2. The number of benzodiazepines with no additional fused rings is 1. The van der Waals surface area contributed by atoms with Gasteiger partial charge in [-0.05, 0) is 38.3 Å². The first kappa shape index (κ1) is 13.8. The van der Waals surface area contributed by atoms with Crippen LogP contribution in [-0.4, -0.2) is 24.2 Å². The summed E-state index contributed by atoms with van der Waals surface area (Å²) >= 11 is 0. The second kappa shape index (κ2) is 5.16. The molecule has 3 heteroatoms. The van der Waals surface area contributed by atoms with Crippen molar-refractivity contribution in [3.05, 3.63) is 29.3 Å². The van der Waals surface area contributed by atoms with Crippen molar-refractivity contribution in [2.24, 2.45) is 10.9 Å². The SMILES string of the molecule is Cc1cccc2c1C=NC(C(C)C)C(=O)N2C(C)C. The van der Waals surface area contributed by atoms with Crippen molar-refractivity contribution >= 4 is 17.8 Å². The number of fused-ring (bicyclic) bond motifs is 1. The van der Waals surface area contributed by atoms with Crippen molar-refractivity contribution in [2.45, 2.75) is 46.7 Å². The summed E-state index contributed by atoms with van der Waals surface area (Å²) in [5.74, 6) is 0.310. The average Bonchev–Trinajstić information content (AvgIpc) is 2.46. The van der Waals surface area contributed by atoms with E-state index in [-0.39, 0.29) is 23.9 Å². The second-order valence-corrected chi connectivity index (χ2v) is 5.78. The fraction of sp³-hybridized carbons (Fsp3) is 0.500. The van der Waals surface area contributed by atoms with Gasteiger partial charge in [-0.2, -0.15) is 0 Å². The number of anilines is 1. The summed E-state index contributed by atoms with van der Waals surface area (Å²) in [6.07, 6.45) is 1.87. The van der Waals surface area contributed by atoms with Gasteiger partial charge in [-0.15, -0.1) is 0 Å². The molecule has 2 rings (SSSR count). The number of benzene rings is 1. The molecule has 0 N–H and O–H groups in total. The van der Waals surface area contributed by atoms with Crippen molar-refractivity contribution in [3.8, 4) is 0 Å². The molecule has 0 bridgehead atoms. The van der Waals surface area contributed by atoms with E-state index in [1.165, 1.54) is 0 Å². The standard InChI is InChI=1S/C16H22N2O/c1-10(2)15-16(19)18(11(3)4)14-8-6-7-12(5)13(14)9-17-15/h6-11,15H,1-5H3. The Labute approximate surface area is 115 Å². The lowest BCUT2D eigenvalue weighted by Crippen LogP contribution is -2.44. The molecule has 1 aliphatic heterocycles. The van der Waals surface area contributed by atoms with Gasteiger partial charge in [0.15, 0.2) is 0 Å². The molecule has 0 aliphatic carbocycles. The van der Waals surface area contributed by atoms with Gasteiger partial charge < -0.3 is 4.90 Å². The number of rotatable bonds is 2. The molecule has 1 unspecified atom stereocenters. The number of carbonyl (C=O) groups is 1. The summed E-state index contributed by atoms with van der Waals surface area (Å²) in [6.45, 7) is 10.2. The number of hydrogen-bond acceptors (Lipinski definition) is 2. The summed E-state index contributed by atoms with van der Waals surface area (Å²) in [5.41, 5.74) is 3.20. The highest BCUT2D eigenvalue weighted by Crippen LogP contribution is 2.29. The topological polar surface area (TPSA) is 32.7 Å². The van der Waals surface area contributed by atoms with Crippen LogP contribution in [0.15, 0.2) is 23.2 Å². The van der Waals surface area contributed by atoms with E-state index in [4.69, 9.17) is 0 Å². The van der Waals surface area contributed by atoms with E-state index < -0.39 is 0 Å². The predicted molar refractivity (Wildman–Crippen MR) is 80.0 cm³/mol. The number of carbonyl (C=O) groups excluding carboxylic acids is 1. The van der Waals surface area contributed by atoms with Gasteiger partial charge in [-0.3, -0.25) is 9.79 Å². The molecular formula is C16H22N2O. The third-order valence-electron chi connectivity index (χ3n) is 3.56. The number of aryl methyl sites for hydroxylation is 1. The van der Waals surface area contributed by atoms with Crippen LogP contribution in [-0.2, 0) is 4.79 Å². The lowest BCUT2D eigenvalue weighted by molar-refractivity contribution is -0.120. The summed E-state index contributed by atoms with van der Waals surface area (Å²) in [5, 5.41) is 0. The van der Waals surface area contributed by atoms with Crippen LogP contribution in [0.1, 0.15) is 38.8 Å². The van der Waals surface area contributed by atoms with Crippen molar-refractivity contribution < 1.29 is 4.79 Å². The zero-order valence-corrected chi connectivity index (χ0v) is 12.3. The van der Waals surface area contributed by atoms with Gasteiger partial charge in [0.2, 0.25) is 0 Å². The summed E-state index contributed by atoms with van der Waals surface area (Å²) in [6, 6.07) is 5.92. The molecule has 1 aromatic rings. The van der Waals surface area contributed by atoms with Crippen LogP contribution in [0.4, 0.5) is 5.69 Å². The Hall–Kier alpha value is -1.64. The Balaban J connectivity index is 2.60. The molecule has 1 amide bonds. The number of aliphatic imine (C=N–C) groups is 1. The van der Waals surface area contributed by atoms with Crippen LogP contribution >= 0.6 is 0 Å². The van der Waals surface area contributed by atoms with Crippen LogP contribution in [0.5, 0.6) is 0 Å². The van der Waals surface area contributed by atoms with E-state index in [1.54, 1.807) is 0 Å². The lowest BCUT2D eigenvalue weighted by Gasteiger charge is -2.30. The van der Waals surface area contributed by atoms with Crippen molar-refractivity contribution in [3.63, 3.8) is 0 Å². The molecule has 1 atom stereocenters. The Kier molecular flexibility index (Phi) is 3.74. The van der Waals surface area contributed by atoms with Gasteiger partial charge in [0.25, 0.3) is 5.91 Å². The molecule has 0 saturated carbocycles. The molecule has 102 valence electrons. The molecule has 1 aromatic carbocycles. The number of nitrogens with zero attached hydrogens (tertiary/aromatic N) is 2. The first-order valence-electron chi connectivity index (χ1n) is 6.89. The van der Waals surface area contributed by atoms with Gasteiger partial charge >= 0.3 is 0 Å². The van der Waals surface area contributed by atoms with Crippen molar-refractivity contribution in [2.75, 3.05) is 4.90 Å². The molecule has 0 aromatic heterocycles. The largest absolute Gasteiger partial charge is 0.307 e. The second-order valence-electron chi connectivity index (χ2n) is 5.78. The molecule has 0 saturated heterocycles. The Morgan fingerprint density at radius 2 is 1.89 bits per heavy atom. The van der Waals surface area contributed by atoms with Crippen LogP contribution in [0.2, 0.25) is 0 Å². The normalized spacial score (nSPS) is 19.0. The third kappa shape index (κ3) is 2.42. The fourth-order valence-electron chi connectivity index (χ4n) is 2.51. The van der Waals surface area contributed by atoms with E-state index in [9.17, 15) is 4.79 Å². The van der Waals surface area contributed by atoms with E-state index in [0.717, 1.165) is 16.8 Å². The van der Waals surface area contributed by atoms with Crippen LogP contribution < -0.4 is 4.90 Å². The van der Waals surface area contributed by atoms with Gasteiger partial charge in [-0.25, -0.2) is 0 Å². The highest BCUT2D eigenvalue weighted by Gasteiger charge is 2.32. The minimum absolute atomic E-state index is 0.102. The number of hydrogen-bond donors (Lipinski definition) is 0. The summed E-state index contributed by atoms with van der Waals surface area (Å²) in [7, 11) is 0. The van der Waals surface area contributed by atoms with Crippen LogP contribution in [0.25, 0.3) is 0 Å². The first-order chi connectivity index (χ1) is 8.93. The first-order valence-corrected chi connectivity index (χ1v) is 6.89. The quantitative estimate of drug-likeness (QED) is 0.801. The van der Waals surface area contributed by atoms with Gasteiger partial charge in [0, 0.05) is 17.8 Å². The van der Waals surface area contributed by atoms with Gasteiger partial charge in [0.1, 0.15) is 6.04 Å². The van der Waals surface area contributed by atoms with E-state index in [2.05, 4.69) is 18.0 Å². The molecule has 0 radical (unpaired) electrons. The predicted octanol–water partition coefficient (Wildman–Crippen LogP) is 3.19. The van der Waals surface area contributed by atoms with Crippen molar-refractivity contribution in [1.82, 2.24) is 0 Å². The van der Waals surface area contributed by atoms with Crippen LogP contribution in [0, 0.1) is 12.8 Å². The molecule has 0 fully saturated rings. The van der Waals surface area contributed by atoms with Gasteiger partial charge in [-0.1, -0.05) is 26.0 Å². The maximum atomic E-state index is 12.7. The third-order valence-corrected chi connectivity index (χ3v) is 3.56. The maximum Gasteiger partial charge on any atom is 0.252 e. The minimum Gasteiger partial charge on any atom is -0.307 e. The molecule has 3 nitrogen and oxygen atoms in total. The molecule has 1 aliphatic rings. The average molecular weight is 258 g/mol. The molecule has 0 spiro atoms. The number of amides is 1. The Bertz CT molecular complexity index is 517. The maximum absolute atomic E-state index is 12.7. The van der Waals surface area contributed by atoms with E-state index >= 15 is 0 Å². The Morgan fingerprint density at radius 1 is 1.21 bits per heavy atom. The zero-order chi connectivity index (χ0) is 14.2.